The maximum absolute atomic E-state index is 12.5. The van der Waals surface area contributed by atoms with Gasteiger partial charge in [-0.1, -0.05) is 13.5 Å². The van der Waals surface area contributed by atoms with Crippen molar-refractivity contribution in [1.82, 2.24) is 25.2 Å². The summed E-state index contributed by atoms with van der Waals surface area (Å²) in [6.45, 7) is 8.54. The summed E-state index contributed by atoms with van der Waals surface area (Å²) < 4.78 is 0. The van der Waals surface area contributed by atoms with E-state index in [0.29, 0.717) is 28.6 Å². The van der Waals surface area contributed by atoms with Crippen molar-refractivity contribution in [1.29, 1.82) is 0 Å². The second kappa shape index (κ2) is 7.37. The molecule has 7 nitrogen and oxygen atoms in total. The third-order valence-electron chi connectivity index (χ3n) is 6.04. The van der Waals surface area contributed by atoms with Gasteiger partial charge in [0.05, 0.1) is 17.5 Å². The van der Waals surface area contributed by atoms with Gasteiger partial charge >= 0.3 is 0 Å². The van der Waals surface area contributed by atoms with Crippen LogP contribution < -0.4 is 5.32 Å². The Labute approximate surface area is 164 Å². The van der Waals surface area contributed by atoms with Gasteiger partial charge in [-0.05, 0) is 50.5 Å². The molecule has 2 amide bonds. The molecule has 0 radical (unpaired) electrons. The van der Waals surface area contributed by atoms with E-state index >= 15 is 0 Å². The number of hydrogen-bond acceptors (Lipinski definition) is 4. The minimum atomic E-state index is -0.0862. The van der Waals surface area contributed by atoms with Gasteiger partial charge in [0.25, 0.3) is 5.91 Å². The molecule has 2 aromatic heterocycles. The van der Waals surface area contributed by atoms with Crippen LogP contribution in [0.2, 0.25) is 0 Å². The Morgan fingerprint density at radius 2 is 2.18 bits per heavy atom. The van der Waals surface area contributed by atoms with E-state index in [9.17, 15) is 9.59 Å². The van der Waals surface area contributed by atoms with Gasteiger partial charge in [-0.3, -0.25) is 9.59 Å². The van der Waals surface area contributed by atoms with E-state index in [4.69, 9.17) is 4.98 Å². The van der Waals surface area contributed by atoms with Crippen LogP contribution in [0.15, 0.2) is 25.0 Å². The molecule has 0 aromatic carbocycles. The number of nitrogens with one attached hydrogen (secondary N) is 2. The highest BCUT2D eigenvalue weighted by atomic mass is 16.2. The number of aromatic nitrogens is 3. The Kier molecular flexibility index (Phi) is 4.91. The molecule has 4 rings (SSSR count). The number of piperidine rings is 1. The summed E-state index contributed by atoms with van der Waals surface area (Å²) in [6.07, 6.45) is 8.57. The van der Waals surface area contributed by atoms with Crippen molar-refractivity contribution in [2.75, 3.05) is 6.54 Å². The first-order chi connectivity index (χ1) is 13.5. The Hall–Kier alpha value is -2.70. The smallest absolute Gasteiger partial charge is 0.255 e. The molecular weight excluding hydrogens is 354 g/mol. The average Bonchev–Trinajstić information content (AvgIpc) is 3.20. The number of carbonyl (C=O) groups is 2. The van der Waals surface area contributed by atoms with Crippen molar-refractivity contribution in [2.45, 2.75) is 51.6 Å². The predicted molar refractivity (Wildman–Crippen MR) is 107 cm³/mol. The van der Waals surface area contributed by atoms with Crippen LogP contribution in [-0.2, 0) is 11.2 Å². The van der Waals surface area contributed by atoms with Crippen LogP contribution in [0, 0.1) is 11.8 Å². The Bertz CT molecular complexity index is 921. The van der Waals surface area contributed by atoms with E-state index in [2.05, 4.69) is 35.7 Å². The summed E-state index contributed by atoms with van der Waals surface area (Å²) >= 11 is 0. The number of fused-ring (bicyclic) bond motifs is 1. The third kappa shape index (κ3) is 3.66. The summed E-state index contributed by atoms with van der Waals surface area (Å²) in [5.74, 6) is 0.910. The van der Waals surface area contributed by atoms with Crippen molar-refractivity contribution in [3.05, 3.63) is 36.3 Å². The number of amides is 2. The van der Waals surface area contributed by atoms with Crippen LogP contribution in [0.5, 0.6) is 0 Å². The second-order valence-corrected chi connectivity index (χ2v) is 8.23. The van der Waals surface area contributed by atoms with Crippen LogP contribution in [0.1, 0.15) is 49.2 Å². The van der Waals surface area contributed by atoms with Crippen LogP contribution in [0.3, 0.4) is 0 Å². The minimum Gasteiger partial charge on any atom is -0.349 e. The van der Waals surface area contributed by atoms with Crippen molar-refractivity contribution in [3.63, 3.8) is 0 Å². The average molecular weight is 381 g/mol. The zero-order valence-corrected chi connectivity index (χ0v) is 16.4. The van der Waals surface area contributed by atoms with Gasteiger partial charge in [0, 0.05) is 24.8 Å². The fraction of sp³-hybridized carbons (Fsp3) is 0.524. The highest BCUT2D eigenvalue weighted by Crippen LogP contribution is 2.30. The molecular formula is C21H27N5O2. The number of rotatable bonds is 5. The molecule has 2 unspecified atom stereocenters. The first-order valence-electron chi connectivity index (χ1n) is 10.0. The summed E-state index contributed by atoms with van der Waals surface area (Å²) in [4.78, 5) is 38.6. The van der Waals surface area contributed by atoms with E-state index in [1.807, 2.05) is 4.90 Å². The Balaban J connectivity index is 1.46. The standard InChI is InChI=1S/C21H27N5O2/c1-4-18(27)26-6-5-14(8-13(26)3)9-15-10-22-20-19(24-15)16(11-23-20)21(28)25-17-7-12(17)2/h4,10-14,17H,1,5-9H2,2-3H3,(H,22,23)(H,25,28)/t12-,13?,14?,17-/m1/s1. The maximum Gasteiger partial charge on any atom is 0.255 e. The monoisotopic (exact) mass is 381 g/mol. The molecule has 1 aliphatic carbocycles. The highest BCUT2D eigenvalue weighted by molar-refractivity contribution is 6.04. The van der Waals surface area contributed by atoms with Gasteiger partial charge in [0.1, 0.15) is 5.52 Å². The molecule has 148 valence electrons. The highest BCUT2D eigenvalue weighted by Gasteiger charge is 2.34. The number of H-pyrrole nitrogens is 1. The summed E-state index contributed by atoms with van der Waals surface area (Å²) in [5, 5.41) is 3.05. The van der Waals surface area contributed by atoms with Crippen molar-refractivity contribution < 1.29 is 9.59 Å². The SMILES string of the molecule is C=CC(=O)N1CCC(Cc2cnc3[nH]cc(C(=O)N[C@@H]4C[C@H]4C)c3n2)CC1C. The maximum atomic E-state index is 12.5. The number of hydrogen-bond donors (Lipinski definition) is 2. The van der Waals surface area contributed by atoms with Gasteiger partial charge in [-0.25, -0.2) is 9.97 Å². The summed E-state index contributed by atoms with van der Waals surface area (Å²) in [7, 11) is 0. The summed E-state index contributed by atoms with van der Waals surface area (Å²) in [6, 6.07) is 0.466. The zero-order chi connectivity index (χ0) is 19.8. The molecule has 2 aromatic rings. The molecule has 0 bridgehead atoms. The molecule has 1 saturated carbocycles. The van der Waals surface area contributed by atoms with Gasteiger partial charge in [0.15, 0.2) is 5.65 Å². The van der Waals surface area contributed by atoms with Crippen LogP contribution in [0.25, 0.3) is 11.2 Å². The zero-order valence-electron chi connectivity index (χ0n) is 16.4. The number of nitrogens with zero attached hydrogens (tertiary/aromatic N) is 3. The normalized spacial score (nSPS) is 26.9. The fourth-order valence-corrected chi connectivity index (χ4v) is 4.16. The largest absolute Gasteiger partial charge is 0.349 e. The lowest BCUT2D eigenvalue weighted by Gasteiger charge is -2.37. The van der Waals surface area contributed by atoms with Gasteiger partial charge in [-0.15, -0.1) is 0 Å². The lowest BCUT2D eigenvalue weighted by Crippen LogP contribution is -2.44. The molecule has 2 fully saturated rings. The van der Waals surface area contributed by atoms with E-state index in [0.717, 1.165) is 37.9 Å². The van der Waals surface area contributed by atoms with E-state index in [1.54, 1.807) is 12.4 Å². The van der Waals surface area contributed by atoms with Crippen LogP contribution in [0.4, 0.5) is 0 Å². The van der Waals surface area contributed by atoms with Gasteiger partial charge in [0.2, 0.25) is 5.91 Å². The van der Waals surface area contributed by atoms with Crippen molar-refractivity contribution in [3.8, 4) is 0 Å². The molecule has 7 heteroatoms. The minimum absolute atomic E-state index is 0.000110. The lowest BCUT2D eigenvalue weighted by atomic mass is 9.88. The molecule has 0 spiro atoms. The first kappa shape index (κ1) is 18.7. The van der Waals surface area contributed by atoms with Crippen LogP contribution in [-0.4, -0.2) is 50.3 Å². The fourth-order valence-electron chi connectivity index (χ4n) is 4.16. The van der Waals surface area contributed by atoms with E-state index in [-0.39, 0.29) is 23.9 Å². The number of aromatic amines is 1. The molecule has 3 heterocycles. The first-order valence-corrected chi connectivity index (χ1v) is 10.0. The Morgan fingerprint density at radius 1 is 1.39 bits per heavy atom. The quantitative estimate of drug-likeness (QED) is 0.779. The van der Waals surface area contributed by atoms with Crippen LogP contribution >= 0.6 is 0 Å². The predicted octanol–water partition coefficient (Wildman–Crippen LogP) is 2.45. The molecule has 2 aliphatic rings. The number of carbonyl (C=O) groups excluding carboxylic acids is 2. The second-order valence-electron chi connectivity index (χ2n) is 8.23. The molecule has 4 atom stereocenters. The van der Waals surface area contributed by atoms with Gasteiger partial charge in [-0.2, -0.15) is 0 Å². The lowest BCUT2D eigenvalue weighted by molar-refractivity contribution is -0.129. The molecule has 2 N–H and O–H groups in total. The summed E-state index contributed by atoms with van der Waals surface area (Å²) in [5.41, 5.74) is 2.72. The van der Waals surface area contributed by atoms with Crippen molar-refractivity contribution in [2.24, 2.45) is 11.8 Å². The van der Waals surface area contributed by atoms with E-state index < -0.39 is 0 Å². The molecule has 1 saturated heterocycles. The Morgan fingerprint density at radius 3 is 2.86 bits per heavy atom. The number of likely N-dealkylation sites (tertiary alicyclic amines) is 1. The topological polar surface area (TPSA) is 91.0 Å². The van der Waals surface area contributed by atoms with Crippen molar-refractivity contribution >= 4 is 23.0 Å². The van der Waals surface area contributed by atoms with E-state index in [1.165, 1.54) is 6.08 Å². The molecule has 28 heavy (non-hydrogen) atoms. The van der Waals surface area contributed by atoms with Gasteiger partial charge < -0.3 is 15.2 Å². The molecule has 1 aliphatic heterocycles. The third-order valence-corrected chi connectivity index (χ3v) is 6.04.